The molecule has 0 aliphatic rings. The molecule has 1 rings (SSSR count). The van der Waals surface area contributed by atoms with E-state index in [9.17, 15) is 0 Å². The second kappa shape index (κ2) is 8.00. The lowest BCUT2D eigenvalue weighted by Gasteiger charge is -2.23. The molecule has 0 bridgehead atoms. The quantitative estimate of drug-likeness (QED) is 0.724. The normalized spacial score (nSPS) is 10.5. The van der Waals surface area contributed by atoms with Gasteiger partial charge >= 0.3 is 0 Å². The third-order valence-electron chi connectivity index (χ3n) is 2.41. The maximum absolute atomic E-state index is 9.07. The largest absolute Gasteiger partial charge is 0.390 e. The molecule has 0 spiro atoms. The second-order valence-corrected chi connectivity index (χ2v) is 3.62. The van der Waals surface area contributed by atoms with Crippen molar-refractivity contribution in [3.05, 3.63) is 23.9 Å². The van der Waals surface area contributed by atoms with Crippen LogP contribution in [0.2, 0.25) is 0 Å². The summed E-state index contributed by atoms with van der Waals surface area (Å²) in [5.74, 6) is 0.839. The Morgan fingerprint density at radius 2 is 1.82 bits per heavy atom. The smallest absolute Gasteiger partial charge is 0.129 e. The van der Waals surface area contributed by atoms with E-state index in [0.717, 1.165) is 18.9 Å². The van der Waals surface area contributed by atoms with E-state index in [0.29, 0.717) is 18.9 Å². The molecule has 0 aliphatic carbocycles. The SMILES string of the molecule is COCCN(CCOC)c1cccc(CO)n1. The molecule has 0 saturated heterocycles. The summed E-state index contributed by atoms with van der Waals surface area (Å²) in [4.78, 5) is 6.44. The highest BCUT2D eigenvalue weighted by molar-refractivity contribution is 5.39. The number of aliphatic hydroxyl groups is 1. The molecule has 5 nitrogen and oxygen atoms in total. The summed E-state index contributed by atoms with van der Waals surface area (Å²) in [6.07, 6.45) is 0. The summed E-state index contributed by atoms with van der Waals surface area (Å²) < 4.78 is 10.1. The molecule has 1 aromatic heterocycles. The van der Waals surface area contributed by atoms with Crippen LogP contribution in [0.25, 0.3) is 0 Å². The van der Waals surface area contributed by atoms with Gasteiger partial charge in [0, 0.05) is 27.3 Å². The fourth-order valence-electron chi connectivity index (χ4n) is 1.47. The third kappa shape index (κ3) is 4.68. The van der Waals surface area contributed by atoms with Gasteiger partial charge in [-0.05, 0) is 12.1 Å². The molecule has 0 amide bonds. The molecule has 1 N–H and O–H groups in total. The molecule has 96 valence electrons. The van der Waals surface area contributed by atoms with Gasteiger partial charge in [0.15, 0.2) is 0 Å². The summed E-state index contributed by atoms with van der Waals surface area (Å²) in [5.41, 5.74) is 0.669. The minimum atomic E-state index is -0.0454. The zero-order valence-corrected chi connectivity index (χ0v) is 10.4. The number of methoxy groups -OCH3 is 2. The number of hydrogen-bond donors (Lipinski definition) is 1. The van der Waals surface area contributed by atoms with Crippen molar-refractivity contribution in [1.82, 2.24) is 4.98 Å². The van der Waals surface area contributed by atoms with Crippen LogP contribution in [0.4, 0.5) is 5.82 Å². The average Bonchev–Trinajstić information content (AvgIpc) is 2.39. The standard InChI is InChI=1S/C12H20N2O3/c1-16-8-6-14(7-9-17-2)12-5-3-4-11(10-15)13-12/h3-5,15H,6-10H2,1-2H3. The van der Waals surface area contributed by atoms with Gasteiger partial charge in [-0.15, -0.1) is 0 Å². The molecule has 0 aromatic carbocycles. The Bertz CT molecular complexity index is 312. The summed E-state index contributed by atoms with van der Waals surface area (Å²) in [7, 11) is 3.35. The lowest BCUT2D eigenvalue weighted by atomic mass is 10.3. The van der Waals surface area contributed by atoms with Gasteiger partial charge in [-0.3, -0.25) is 0 Å². The van der Waals surface area contributed by atoms with Gasteiger partial charge in [0.2, 0.25) is 0 Å². The first-order valence-corrected chi connectivity index (χ1v) is 5.61. The van der Waals surface area contributed by atoms with Crippen molar-refractivity contribution in [2.45, 2.75) is 6.61 Å². The summed E-state index contributed by atoms with van der Waals surface area (Å²) in [6.45, 7) is 2.73. The first-order chi connectivity index (χ1) is 8.31. The number of nitrogens with zero attached hydrogens (tertiary/aromatic N) is 2. The lowest BCUT2D eigenvalue weighted by molar-refractivity contribution is 0.190. The van der Waals surface area contributed by atoms with E-state index in [-0.39, 0.29) is 6.61 Å². The average molecular weight is 240 g/mol. The highest BCUT2D eigenvalue weighted by Gasteiger charge is 2.07. The van der Waals surface area contributed by atoms with Gasteiger partial charge < -0.3 is 19.5 Å². The van der Waals surface area contributed by atoms with Gasteiger partial charge in [-0.2, -0.15) is 0 Å². The van der Waals surface area contributed by atoms with Crippen molar-refractivity contribution in [2.75, 3.05) is 45.4 Å². The minimum Gasteiger partial charge on any atom is -0.390 e. The van der Waals surface area contributed by atoms with E-state index in [1.54, 1.807) is 20.3 Å². The Hall–Kier alpha value is -1.17. The molecule has 0 radical (unpaired) electrons. The molecule has 5 heteroatoms. The van der Waals surface area contributed by atoms with Crippen molar-refractivity contribution in [3.63, 3.8) is 0 Å². The van der Waals surface area contributed by atoms with Gasteiger partial charge in [0.1, 0.15) is 5.82 Å². The molecule has 1 aromatic rings. The number of aliphatic hydroxyl groups excluding tert-OH is 1. The van der Waals surface area contributed by atoms with Crippen molar-refractivity contribution in [3.8, 4) is 0 Å². The van der Waals surface area contributed by atoms with Gasteiger partial charge in [0.05, 0.1) is 25.5 Å². The Morgan fingerprint density at radius 1 is 1.18 bits per heavy atom. The van der Waals surface area contributed by atoms with Crippen LogP contribution in [-0.2, 0) is 16.1 Å². The molecule has 0 fully saturated rings. The molecular formula is C12H20N2O3. The zero-order chi connectivity index (χ0) is 12.5. The predicted octanol–water partition coefficient (Wildman–Crippen LogP) is 0.673. The Labute approximate surface area is 102 Å². The molecular weight excluding hydrogens is 220 g/mol. The fraction of sp³-hybridized carbons (Fsp3) is 0.583. The monoisotopic (exact) mass is 240 g/mol. The topological polar surface area (TPSA) is 54.8 Å². The highest BCUT2D eigenvalue weighted by atomic mass is 16.5. The van der Waals surface area contributed by atoms with E-state index in [2.05, 4.69) is 9.88 Å². The van der Waals surface area contributed by atoms with E-state index < -0.39 is 0 Å². The van der Waals surface area contributed by atoms with Crippen LogP contribution >= 0.6 is 0 Å². The number of rotatable bonds is 8. The molecule has 0 saturated carbocycles. The van der Waals surface area contributed by atoms with Crippen molar-refractivity contribution < 1.29 is 14.6 Å². The van der Waals surface area contributed by atoms with E-state index >= 15 is 0 Å². The first kappa shape index (κ1) is 13.9. The third-order valence-corrected chi connectivity index (χ3v) is 2.41. The maximum Gasteiger partial charge on any atom is 0.129 e. The van der Waals surface area contributed by atoms with Crippen molar-refractivity contribution in [2.24, 2.45) is 0 Å². The van der Waals surface area contributed by atoms with Crippen LogP contribution in [0.15, 0.2) is 18.2 Å². The van der Waals surface area contributed by atoms with Gasteiger partial charge in [-0.25, -0.2) is 4.98 Å². The Kier molecular flexibility index (Phi) is 6.54. The summed E-state index contributed by atoms with van der Waals surface area (Å²) >= 11 is 0. The van der Waals surface area contributed by atoms with Crippen LogP contribution in [0.5, 0.6) is 0 Å². The molecule has 0 atom stereocenters. The van der Waals surface area contributed by atoms with E-state index in [1.807, 2.05) is 12.1 Å². The van der Waals surface area contributed by atoms with Crippen molar-refractivity contribution in [1.29, 1.82) is 0 Å². The summed E-state index contributed by atoms with van der Waals surface area (Å²) in [5, 5.41) is 9.07. The maximum atomic E-state index is 9.07. The number of ether oxygens (including phenoxy) is 2. The highest BCUT2D eigenvalue weighted by Crippen LogP contribution is 2.11. The number of pyridine rings is 1. The van der Waals surface area contributed by atoms with Crippen LogP contribution < -0.4 is 4.90 Å². The van der Waals surface area contributed by atoms with Gasteiger partial charge in [-0.1, -0.05) is 6.07 Å². The predicted molar refractivity (Wildman–Crippen MR) is 66.1 cm³/mol. The molecule has 1 heterocycles. The summed E-state index contributed by atoms with van der Waals surface area (Å²) in [6, 6.07) is 5.61. The Morgan fingerprint density at radius 3 is 2.35 bits per heavy atom. The van der Waals surface area contributed by atoms with Crippen LogP contribution in [-0.4, -0.2) is 50.6 Å². The van der Waals surface area contributed by atoms with Crippen LogP contribution in [0.1, 0.15) is 5.69 Å². The molecule has 0 aliphatic heterocycles. The number of hydrogen-bond acceptors (Lipinski definition) is 5. The molecule has 17 heavy (non-hydrogen) atoms. The van der Waals surface area contributed by atoms with Crippen molar-refractivity contribution >= 4 is 5.82 Å². The molecule has 0 unspecified atom stereocenters. The van der Waals surface area contributed by atoms with E-state index in [4.69, 9.17) is 14.6 Å². The van der Waals surface area contributed by atoms with E-state index in [1.165, 1.54) is 0 Å². The Balaban J connectivity index is 2.71. The number of anilines is 1. The second-order valence-electron chi connectivity index (χ2n) is 3.62. The minimum absolute atomic E-state index is 0.0454. The van der Waals surface area contributed by atoms with Crippen LogP contribution in [0, 0.1) is 0 Å². The lowest BCUT2D eigenvalue weighted by Crippen LogP contribution is -2.31. The first-order valence-electron chi connectivity index (χ1n) is 5.61. The van der Waals surface area contributed by atoms with Crippen LogP contribution in [0.3, 0.4) is 0 Å². The zero-order valence-electron chi connectivity index (χ0n) is 10.4. The fourth-order valence-corrected chi connectivity index (χ4v) is 1.47. The van der Waals surface area contributed by atoms with Gasteiger partial charge in [0.25, 0.3) is 0 Å². The number of aromatic nitrogens is 1.